The monoisotopic (exact) mass is 432 g/mol. The van der Waals surface area contributed by atoms with Crippen LogP contribution in [0.15, 0.2) is 30.3 Å². The maximum atomic E-state index is 13.2. The first kappa shape index (κ1) is 21.1. The smallest absolute Gasteiger partial charge is 0.254 e. The Morgan fingerprint density at radius 1 is 1.00 bits per heavy atom. The summed E-state index contributed by atoms with van der Waals surface area (Å²) in [4.78, 5) is 39.8. The largest absolute Gasteiger partial charge is 0.328 e. The van der Waals surface area contributed by atoms with Gasteiger partial charge in [0.1, 0.15) is 5.82 Å². The molecule has 3 heterocycles. The molecular weight excluding hydrogens is 400 g/mol. The first-order chi connectivity index (χ1) is 15.6. The number of hydrogen-bond donors (Lipinski definition) is 0. The summed E-state index contributed by atoms with van der Waals surface area (Å²) in [5, 5.41) is 0. The lowest BCUT2D eigenvalue weighted by molar-refractivity contribution is -0.119. The molecule has 2 aliphatic heterocycles. The third kappa shape index (κ3) is 4.03. The highest BCUT2D eigenvalue weighted by atomic mass is 16.2. The highest BCUT2D eigenvalue weighted by molar-refractivity contribution is 5.96. The molecule has 1 atom stereocenters. The predicted molar refractivity (Wildman–Crippen MR) is 123 cm³/mol. The Balaban J connectivity index is 1.46. The molecule has 5 rings (SSSR count). The van der Waals surface area contributed by atoms with Crippen LogP contribution in [0.4, 0.5) is 5.82 Å². The van der Waals surface area contributed by atoms with Crippen LogP contribution in [-0.2, 0) is 11.2 Å². The molecule has 32 heavy (non-hydrogen) atoms. The molecule has 1 aromatic carbocycles. The normalized spacial score (nSPS) is 21.7. The van der Waals surface area contributed by atoms with Crippen molar-refractivity contribution in [1.29, 1.82) is 0 Å². The van der Waals surface area contributed by atoms with Gasteiger partial charge in [-0.15, -0.1) is 0 Å². The molecule has 1 saturated heterocycles. The van der Waals surface area contributed by atoms with E-state index in [1.54, 1.807) is 0 Å². The van der Waals surface area contributed by atoms with Crippen molar-refractivity contribution in [1.82, 2.24) is 14.9 Å². The van der Waals surface area contributed by atoms with Gasteiger partial charge in [-0.25, -0.2) is 9.97 Å². The molecule has 2 fully saturated rings. The van der Waals surface area contributed by atoms with E-state index in [2.05, 4.69) is 0 Å². The number of benzene rings is 1. The molecule has 168 valence electrons. The third-order valence-electron chi connectivity index (χ3n) is 7.35. The predicted octanol–water partition coefficient (Wildman–Crippen LogP) is 4.62. The van der Waals surface area contributed by atoms with E-state index >= 15 is 0 Å². The van der Waals surface area contributed by atoms with E-state index in [-0.39, 0.29) is 17.9 Å². The van der Waals surface area contributed by atoms with Crippen LogP contribution < -0.4 is 4.90 Å². The van der Waals surface area contributed by atoms with Crippen LogP contribution in [0, 0.1) is 12.8 Å². The molecule has 2 amide bonds. The molecule has 0 radical (unpaired) electrons. The van der Waals surface area contributed by atoms with Gasteiger partial charge in [-0.05, 0) is 57.1 Å². The maximum Gasteiger partial charge on any atom is 0.254 e. The number of nitrogens with zero attached hydrogens (tertiary/aromatic N) is 4. The average molecular weight is 433 g/mol. The van der Waals surface area contributed by atoms with Crippen LogP contribution in [-0.4, -0.2) is 39.8 Å². The third-order valence-corrected chi connectivity index (χ3v) is 7.35. The minimum absolute atomic E-state index is 0.0298. The van der Waals surface area contributed by atoms with Crippen LogP contribution in [0.2, 0.25) is 0 Å². The number of rotatable bonds is 4. The van der Waals surface area contributed by atoms with Gasteiger partial charge in [0.25, 0.3) is 5.91 Å². The van der Waals surface area contributed by atoms with Crippen LogP contribution in [0.25, 0.3) is 0 Å². The number of amides is 2. The first-order valence-electron chi connectivity index (χ1n) is 12.2. The number of fused-ring (bicyclic) bond motifs is 1. The number of hydrogen-bond acceptors (Lipinski definition) is 4. The second-order valence-electron chi connectivity index (χ2n) is 9.50. The van der Waals surface area contributed by atoms with Crippen molar-refractivity contribution in [3.8, 4) is 0 Å². The van der Waals surface area contributed by atoms with Crippen molar-refractivity contribution < 1.29 is 9.59 Å². The molecule has 1 aliphatic carbocycles. The van der Waals surface area contributed by atoms with Crippen LogP contribution in [0.3, 0.4) is 0 Å². The zero-order valence-corrected chi connectivity index (χ0v) is 18.9. The van der Waals surface area contributed by atoms with E-state index in [4.69, 9.17) is 9.97 Å². The fourth-order valence-electron chi connectivity index (χ4n) is 5.59. The van der Waals surface area contributed by atoms with Crippen molar-refractivity contribution in [3.63, 3.8) is 0 Å². The number of aryl methyl sites for hydroxylation is 1. The minimum atomic E-state index is -0.139. The SMILES string of the molecule is Cc1nc([C@@H]2CCCN2C(=O)c2ccccc2)nc2c1CCC(=O)N2CC1CCCCC1. The minimum Gasteiger partial charge on any atom is -0.328 e. The fourth-order valence-corrected chi connectivity index (χ4v) is 5.59. The number of carbonyl (C=O) groups excluding carboxylic acids is 2. The molecule has 3 aliphatic rings. The Labute approximate surface area is 190 Å². The van der Waals surface area contributed by atoms with E-state index in [9.17, 15) is 9.59 Å². The molecule has 6 nitrogen and oxygen atoms in total. The standard InChI is InChI=1S/C26H32N4O2/c1-18-21-14-15-23(31)30(17-19-9-4-2-5-10-19)25(21)28-24(27-18)22-13-8-16-29(22)26(32)20-11-6-3-7-12-20/h3,6-7,11-12,19,22H,2,4-5,8-10,13-17H2,1H3/t22-/m0/s1. The number of likely N-dealkylation sites (tertiary alicyclic amines) is 1. The molecule has 2 aromatic rings. The molecule has 0 unspecified atom stereocenters. The molecular formula is C26H32N4O2. The number of carbonyl (C=O) groups is 2. The quantitative estimate of drug-likeness (QED) is 0.707. The van der Waals surface area contributed by atoms with Gasteiger partial charge in [0.15, 0.2) is 5.82 Å². The lowest BCUT2D eigenvalue weighted by atomic mass is 9.88. The molecule has 0 N–H and O–H groups in total. The van der Waals surface area contributed by atoms with Crippen molar-refractivity contribution in [2.75, 3.05) is 18.0 Å². The average Bonchev–Trinajstić information content (AvgIpc) is 3.31. The Hall–Kier alpha value is -2.76. The van der Waals surface area contributed by atoms with Crippen LogP contribution in [0.5, 0.6) is 0 Å². The topological polar surface area (TPSA) is 66.4 Å². The van der Waals surface area contributed by atoms with E-state index in [0.29, 0.717) is 36.7 Å². The molecule has 1 aromatic heterocycles. The molecule has 1 saturated carbocycles. The van der Waals surface area contributed by atoms with Gasteiger partial charge < -0.3 is 4.90 Å². The van der Waals surface area contributed by atoms with Gasteiger partial charge in [0.05, 0.1) is 6.04 Å². The van der Waals surface area contributed by atoms with E-state index in [1.807, 2.05) is 47.1 Å². The van der Waals surface area contributed by atoms with Gasteiger partial charge in [-0.2, -0.15) is 0 Å². The summed E-state index contributed by atoms with van der Waals surface area (Å²) < 4.78 is 0. The van der Waals surface area contributed by atoms with E-state index in [0.717, 1.165) is 36.5 Å². The second-order valence-corrected chi connectivity index (χ2v) is 9.50. The highest BCUT2D eigenvalue weighted by Gasteiger charge is 2.36. The summed E-state index contributed by atoms with van der Waals surface area (Å²) >= 11 is 0. The fraction of sp³-hybridized carbons (Fsp3) is 0.538. The van der Waals surface area contributed by atoms with Gasteiger partial charge >= 0.3 is 0 Å². The summed E-state index contributed by atoms with van der Waals surface area (Å²) in [6.45, 7) is 3.50. The Morgan fingerprint density at radius 3 is 2.56 bits per heavy atom. The Kier molecular flexibility index (Phi) is 5.94. The van der Waals surface area contributed by atoms with Crippen molar-refractivity contribution in [2.45, 2.75) is 70.8 Å². The summed E-state index contributed by atoms with van der Waals surface area (Å²) in [6, 6.07) is 9.30. The summed E-state index contributed by atoms with van der Waals surface area (Å²) in [6.07, 6.45) is 9.23. The lowest BCUT2D eigenvalue weighted by Gasteiger charge is -2.34. The van der Waals surface area contributed by atoms with E-state index < -0.39 is 0 Å². The summed E-state index contributed by atoms with van der Waals surface area (Å²) in [5.74, 6) is 2.25. The molecule has 0 bridgehead atoms. The summed E-state index contributed by atoms with van der Waals surface area (Å²) in [5.41, 5.74) is 2.75. The zero-order chi connectivity index (χ0) is 22.1. The number of aromatic nitrogens is 2. The highest BCUT2D eigenvalue weighted by Crippen LogP contribution is 2.36. The Morgan fingerprint density at radius 2 is 1.78 bits per heavy atom. The van der Waals surface area contributed by atoms with Crippen LogP contribution in [0.1, 0.15) is 84.8 Å². The number of anilines is 1. The van der Waals surface area contributed by atoms with Crippen molar-refractivity contribution >= 4 is 17.6 Å². The summed E-state index contributed by atoms with van der Waals surface area (Å²) in [7, 11) is 0. The van der Waals surface area contributed by atoms with Gasteiger partial charge in [0.2, 0.25) is 5.91 Å². The van der Waals surface area contributed by atoms with Crippen molar-refractivity contribution in [3.05, 3.63) is 53.0 Å². The Bertz CT molecular complexity index is 1000. The van der Waals surface area contributed by atoms with E-state index in [1.165, 1.54) is 32.1 Å². The van der Waals surface area contributed by atoms with Gasteiger partial charge in [-0.1, -0.05) is 37.5 Å². The lowest BCUT2D eigenvalue weighted by Crippen LogP contribution is -2.41. The molecule has 0 spiro atoms. The maximum absolute atomic E-state index is 13.2. The van der Waals surface area contributed by atoms with Crippen molar-refractivity contribution in [2.24, 2.45) is 5.92 Å². The zero-order valence-electron chi connectivity index (χ0n) is 18.9. The molecule has 6 heteroatoms. The second kappa shape index (κ2) is 9.00. The van der Waals surface area contributed by atoms with Crippen LogP contribution >= 0.6 is 0 Å². The van der Waals surface area contributed by atoms with Gasteiger partial charge in [0, 0.05) is 36.3 Å². The first-order valence-corrected chi connectivity index (χ1v) is 12.2. The van der Waals surface area contributed by atoms with Gasteiger partial charge in [-0.3, -0.25) is 14.5 Å².